The molecular weight excluding hydrogens is 521 g/mol. The zero-order chi connectivity index (χ0) is 27.3. The monoisotopic (exact) mass is 547 g/mol. The molecule has 3 heterocycles. The highest BCUT2D eigenvalue weighted by atomic mass is 35.5. The Hall–Kier alpha value is -3.95. The molecule has 2 aromatic carbocycles. The minimum Gasteiger partial charge on any atom is -0.507 e. The fourth-order valence-electron chi connectivity index (χ4n) is 5.38. The fraction of sp³-hybridized carbons (Fsp3) is 0.276. The van der Waals surface area contributed by atoms with Gasteiger partial charge in [-0.2, -0.15) is 0 Å². The largest absolute Gasteiger partial charge is 0.507 e. The summed E-state index contributed by atoms with van der Waals surface area (Å²) >= 11 is 6.74. The van der Waals surface area contributed by atoms with Crippen LogP contribution in [0.1, 0.15) is 29.9 Å². The lowest BCUT2D eigenvalue weighted by Gasteiger charge is -2.41. The van der Waals surface area contributed by atoms with Gasteiger partial charge in [0.2, 0.25) is 12.3 Å². The van der Waals surface area contributed by atoms with Crippen molar-refractivity contribution in [2.75, 3.05) is 31.1 Å². The first-order chi connectivity index (χ1) is 18.9. The molecule has 1 unspecified atom stereocenters. The van der Waals surface area contributed by atoms with Gasteiger partial charge in [-0.3, -0.25) is 14.7 Å². The molecule has 2 aliphatic heterocycles. The van der Waals surface area contributed by atoms with Crippen molar-refractivity contribution in [3.05, 3.63) is 83.4 Å². The highest BCUT2D eigenvalue weighted by Crippen LogP contribution is 2.49. The van der Waals surface area contributed by atoms with E-state index in [9.17, 15) is 19.4 Å². The summed E-state index contributed by atoms with van der Waals surface area (Å²) in [5.41, 5.74) is 3.25. The van der Waals surface area contributed by atoms with Crippen molar-refractivity contribution < 1.29 is 19.4 Å². The maximum absolute atomic E-state index is 15.0. The number of carbonyl (C=O) groups excluding carboxylic acids is 1. The Morgan fingerprint density at radius 3 is 2.56 bits per heavy atom. The lowest BCUT2D eigenvalue weighted by atomic mass is 9.97. The number of aliphatic imine (C=N–C) groups is 1. The van der Waals surface area contributed by atoms with Crippen LogP contribution in [0.15, 0.2) is 66.4 Å². The second-order valence-corrected chi connectivity index (χ2v) is 10.3. The topological polar surface area (TPSA) is 92.5 Å². The number of benzene rings is 2. The summed E-state index contributed by atoms with van der Waals surface area (Å²) < 4.78 is 15.0. The number of carbonyl (C=O) groups is 1. The molecule has 6 rings (SSSR count). The van der Waals surface area contributed by atoms with E-state index in [2.05, 4.69) is 16.6 Å². The highest BCUT2D eigenvalue weighted by Gasteiger charge is 2.36. The van der Waals surface area contributed by atoms with E-state index in [1.165, 1.54) is 24.3 Å². The molecule has 200 valence electrons. The zero-order valence-electron chi connectivity index (χ0n) is 21.1. The number of aliphatic hydroxyl groups excluding tert-OH is 1. The molecule has 3 aromatic rings. The number of aromatic nitrogens is 1. The van der Waals surface area contributed by atoms with Crippen LogP contribution >= 0.6 is 11.6 Å². The van der Waals surface area contributed by atoms with Gasteiger partial charge in [0, 0.05) is 48.5 Å². The third-order valence-electron chi connectivity index (χ3n) is 7.49. The average Bonchev–Trinajstić information content (AvgIpc) is 3.78. The van der Waals surface area contributed by atoms with E-state index < -0.39 is 12.2 Å². The number of amides is 1. The van der Waals surface area contributed by atoms with Gasteiger partial charge in [-0.25, -0.2) is 9.38 Å². The summed E-state index contributed by atoms with van der Waals surface area (Å²) in [4.78, 5) is 26.5. The Bertz CT molecular complexity index is 1480. The van der Waals surface area contributed by atoms with Gasteiger partial charge in [0.1, 0.15) is 17.4 Å². The smallest absolute Gasteiger partial charge is 0.246 e. The van der Waals surface area contributed by atoms with Gasteiger partial charge in [-0.15, -0.1) is 0 Å². The average molecular weight is 548 g/mol. The van der Waals surface area contributed by atoms with Crippen molar-refractivity contribution in [2.45, 2.75) is 25.1 Å². The quantitative estimate of drug-likeness (QED) is 0.463. The number of hydrogen-bond donors (Lipinski definition) is 2. The van der Waals surface area contributed by atoms with Gasteiger partial charge >= 0.3 is 0 Å². The van der Waals surface area contributed by atoms with Crippen LogP contribution < -0.4 is 4.90 Å². The van der Waals surface area contributed by atoms with Crippen LogP contribution in [0.5, 0.6) is 5.75 Å². The highest BCUT2D eigenvalue weighted by molar-refractivity contribution is 6.34. The molecule has 39 heavy (non-hydrogen) atoms. The van der Waals surface area contributed by atoms with Crippen LogP contribution in [0, 0.1) is 5.82 Å². The molecule has 0 spiro atoms. The molecule has 1 saturated heterocycles. The number of aliphatic hydroxyl groups is 1. The molecule has 2 fully saturated rings. The Kier molecular flexibility index (Phi) is 6.48. The molecule has 2 N–H and O–H groups in total. The van der Waals surface area contributed by atoms with Crippen molar-refractivity contribution in [2.24, 2.45) is 4.99 Å². The van der Waals surface area contributed by atoms with Crippen molar-refractivity contribution >= 4 is 34.7 Å². The minimum atomic E-state index is -1.29. The van der Waals surface area contributed by atoms with Crippen LogP contribution in [-0.2, 0) is 4.79 Å². The van der Waals surface area contributed by atoms with Gasteiger partial charge in [-0.05, 0) is 60.7 Å². The van der Waals surface area contributed by atoms with Gasteiger partial charge in [0.25, 0.3) is 0 Å². The number of rotatable bonds is 4. The summed E-state index contributed by atoms with van der Waals surface area (Å²) in [7, 11) is 0. The maximum Gasteiger partial charge on any atom is 0.246 e. The third kappa shape index (κ3) is 4.51. The summed E-state index contributed by atoms with van der Waals surface area (Å²) in [5.74, 6) is -0.0915. The molecule has 1 saturated carbocycles. The number of aromatic hydroxyl groups is 1. The number of nitrogens with zero attached hydrogens (tertiary/aromatic N) is 5. The van der Waals surface area contributed by atoms with Crippen LogP contribution in [-0.4, -0.2) is 69.3 Å². The fourth-order valence-corrected chi connectivity index (χ4v) is 5.64. The normalized spacial score (nSPS) is 19.0. The predicted molar refractivity (Wildman–Crippen MR) is 148 cm³/mol. The third-order valence-corrected chi connectivity index (χ3v) is 7.80. The summed E-state index contributed by atoms with van der Waals surface area (Å²) in [5, 5.41) is 22.2. The number of fused-ring (bicyclic) bond motifs is 1. The first kappa shape index (κ1) is 25.3. The van der Waals surface area contributed by atoms with Crippen LogP contribution in [0.4, 0.5) is 15.8 Å². The SMILES string of the molecule is C=CC(=O)N1CCN(C2=NC(O)N(c3cnccc3C3CC3)c3cc(-c4c(O)cccc4F)c(Cl)cc32)CC1. The van der Waals surface area contributed by atoms with E-state index >= 15 is 0 Å². The van der Waals surface area contributed by atoms with Gasteiger partial charge in [0.15, 0.2) is 0 Å². The number of halogens is 2. The summed E-state index contributed by atoms with van der Waals surface area (Å²) in [6.07, 6.45) is 5.55. The van der Waals surface area contributed by atoms with E-state index in [1.807, 2.05) is 11.0 Å². The van der Waals surface area contributed by atoms with E-state index in [1.54, 1.807) is 34.3 Å². The second-order valence-electron chi connectivity index (χ2n) is 9.88. The standard InChI is InChI=1S/C29H27ClFN5O3/c1-2-26(38)34-10-12-35(13-11-34)28-20-14-21(30)19(27-22(31)4-3-5-25(27)37)15-23(20)36(29(39)33-28)24-16-32-9-8-18(24)17-6-7-17/h2-5,8-9,14-17,29,37,39H,1,6-7,10-13H2. The number of phenolic OH excluding ortho intramolecular Hbond substituents is 1. The number of piperazine rings is 1. The molecule has 8 nitrogen and oxygen atoms in total. The lowest BCUT2D eigenvalue weighted by molar-refractivity contribution is -0.127. The molecule has 1 aromatic heterocycles. The van der Waals surface area contributed by atoms with Crippen LogP contribution in [0.3, 0.4) is 0 Å². The molecule has 3 aliphatic rings. The van der Waals surface area contributed by atoms with E-state index in [0.717, 1.165) is 18.4 Å². The Labute approximate surface area is 230 Å². The lowest BCUT2D eigenvalue weighted by Crippen LogP contribution is -2.52. The Balaban J connectivity index is 1.49. The first-order valence-electron chi connectivity index (χ1n) is 12.8. The Morgan fingerprint density at radius 2 is 1.87 bits per heavy atom. The molecule has 10 heteroatoms. The maximum atomic E-state index is 15.0. The van der Waals surface area contributed by atoms with Gasteiger partial charge in [-0.1, -0.05) is 24.2 Å². The van der Waals surface area contributed by atoms with Crippen LogP contribution in [0.2, 0.25) is 5.02 Å². The van der Waals surface area contributed by atoms with Gasteiger partial charge < -0.3 is 20.0 Å². The molecule has 0 radical (unpaired) electrons. The first-order valence-corrected chi connectivity index (χ1v) is 13.2. The van der Waals surface area contributed by atoms with Crippen molar-refractivity contribution in [3.63, 3.8) is 0 Å². The number of amidine groups is 1. The second kappa shape index (κ2) is 9.98. The van der Waals surface area contributed by atoms with Crippen molar-refractivity contribution in [1.29, 1.82) is 0 Å². The van der Waals surface area contributed by atoms with E-state index in [4.69, 9.17) is 11.6 Å². The Morgan fingerprint density at radius 1 is 1.10 bits per heavy atom. The van der Waals surface area contributed by atoms with E-state index in [-0.39, 0.29) is 22.2 Å². The summed E-state index contributed by atoms with van der Waals surface area (Å²) in [6, 6.07) is 9.44. The minimum absolute atomic E-state index is 0.0195. The van der Waals surface area contributed by atoms with Crippen LogP contribution in [0.25, 0.3) is 11.1 Å². The van der Waals surface area contributed by atoms with Crippen molar-refractivity contribution in [3.8, 4) is 16.9 Å². The zero-order valence-corrected chi connectivity index (χ0v) is 21.9. The molecule has 0 bridgehead atoms. The summed E-state index contributed by atoms with van der Waals surface area (Å²) in [6.45, 7) is 5.51. The van der Waals surface area contributed by atoms with E-state index in [0.29, 0.717) is 60.4 Å². The van der Waals surface area contributed by atoms with Gasteiger partial charge in [0.05, 0.1) is 23.1 Å². The predicted octanol–water partition coefficient (Wildman–Crippen LogP) is 4.63. The molecule has 1 amide bonds. The number of anilines is 2. The molecular formula is C29H27ClFN5O3. The van der Waals surface area contributed by atoms with Crippen molar-refractivity contribution in [1.82, 2.24) is 14.8 Å². The number of phenols is 1. The molecule has 1 aliphatic carbocycles. The number of pyridine rings is 1. The number of hydrogen-bond acceptors (Lipinski definition) is 7. The molecule has 1 atom stereocenters.